The predicted octanol–water partition coefficient (Wildman–Crippen LogP) is 3.93. The number of hydrogen-bond donors (Lipinski definition) is 4. The van der Waals surface area contributed by atoms with Gasteiger partial charge >= 0.3 is 0 Å². The lowest BCUT2D eigenvalue weighted by atomic mass is 9.86. The van der Waals surface area contributed by atoms with Gasteiger partial charge in [0.05, 0.1) is 23.9 Å². The van der Waals surface area contributed by atoms with Crippen molar-refractivity contribution in [2.75, 3.05) is 26.3 Å². The highest BCUT2D eigenvalue weighted by Crippen LogP contribution is 2.50. The van der Waals surface area contributed by atoms with Gasteiger partial charge in [0.1, 0.15) is 0 Å². The van der Waals surface area contributed by atoms with E-state index < -0.39 is 11.8 Å². The Labute approximate surface area is 363 Å². The largest absolute Gasteiger partial charge is 0.396 e. The second-order valence-corrected chi connectivity index (χ2v) is 16.7. The minimum atomic E-state index is -0.418. The minimum Gasteiger partial charge on any atom is -0.396 e. The number of amides is 2. The van der Waals surface area contributed by atoms with Crippen molar-refractivity contribution in [3.63, 3.8) is 0 Å². The van der Waals surface area contributed by atoms with Gasteiger partial charge in [-0.3, -0.25) is 38.9 Å². The summed E-state index contributed by atoms with van der Waals surface area (Å²) in [4.78, 5) is 65.7. The molecule has 8 atom stereocenters. The molecule has 8 heterocycles. The normalized spacial score (nSPS) is 25.0. The molecule has 8 rings (SSSR count). The lowest BCUT2D eigenvalue weighted by Gasteiger charge is -2.38. The molecular weight excluding hydrogens is 785 g/mol. The van der Waals surface area contributed by atoms with Crippen LogP contribution in [-0.2, 0) is 35.8 Å². The molecule has 0 aromatic carbocycles. The summed E-state index contributed by atoms with van der Waals surface area (Å²) >= 11 is 0. The van der Waals surface area contributed by atoms with Crippen LogP contribution in [0, 0.1) is 23.7 Å². The number of carbonyl (C=O) groups excluding carboxylic acids is 2. The molecule has 0 spiro atoms. The van der Waals surface area contributed by atoms with Crippen LogP contribution in [0.2, 0.25) is 0 Å². The summed E-state index contributed by atoms with van der Waals surface area (Å²) in [6.07, 6.45) is 16.2. The maximum Gasteiger partial charge on any atom is 0.258 e. The van der Waals surface area contributed by atoms with Gasteiger partial charge in [-0.2, -0.15) is 0 Å². The van der Waals surface area contributed by atoms with Gasteiger partial charge in [-0.25, -0.2) is 0 Å². The Bertz CT molecular complexity index is 2200. The number of pyridine rings is 4. The number of nitrogens with one attached hydrogen (secondary N) is 2. The molecule has 328 valence electrons. The van der Waals surface area contributed by atoms with Gasteiger partial charge in [0.15, 0.2) is 0 Å². The van der Waals surface area contributed by atoms with Crippen molar-refractivity contribution in [3.8, 4) is 0 Å². The molecule has 0 saturated carbocycles. The fourth-order valence-electron chi connectivity index (χ4n) is 10.3. The summed E-state index contributed by atoms with van der Waals surface area (Å²) in [5.41, 5.74) is 4.96. The van der Waals surface area contributed by atoms with E-state index in [2.05, 4.69) is 30.4 Å². The fourth-order valence-corrected chi connectivity index (χ4v) is 10.3. The van der Waals surface area contributed by atoms with Gasteiger partial charge < -0.3 is 30.0 Å². The van der Waals surface area contributed by atoms with E-state index in [9.17, 15) is 29.4 Å². The van der Waals surface area contributed by atoms with E-state index >= 15 is 0 Å². The van der Waals surface area contributed by atoms with Crippen LogP contribution in [0.4, 0.5) is 0 Å². The maximum atomic E-state index is 13.2. The number of nitrogens with zero attached hydrogens (tertiary/aromatic N) is 6. The van der Waals surface area contributed by atoms with Crippen LogP contribution >= 0.6 is 0 Å². The number of aliphatic hydroxyl groups is 2. The van der Waals surface area contributed by atoms with Crippen LogP contribution in [0.5, 0.6) is 0 Å². The molecule has 4 aromatic rings. The van der Waals surface area contributed by atoms with E-state index in [0.717, 1.165) is 35.4 Å². The van der Waals surface area contributed by atoms with Crippen molar-refractivity contribution < 1.29 is 19.8 Å². The second-order valence-electron chi connectivity index (χ2n) is 16.7. The topological polar surface area (TPSA) is 175 Å². The number of allylic oxidation sites excluding steroid dienone is 2. The molecule has 0 radical (unpaired) electrons. The summed E-state index contributed by atoms with van der Waals surface area (Å²) in [5.74, 6) is -1.44. The van der Waals surface area contributed by atoms with E-state index in [1.165, 1.54) is 0 Å². The highest BCUT2D eigenvalue weighted by atomic mass is 16.3. The SMILES string of the molecule is C/C=C/c1ccc2n(c1=O)C[C@H]1[C@H](CO)[C@@H](C(=O)NCCC)[C@@H]2N1Cc1cccnc1.C/C=C\c1ccc2n(c1=O)C[C@H]1[C@H](CO)[C@@H](C(=O)NCCC)[C@@H]2N1Cc1cccnc1. The summed E-state index contributed by atoms with van der Waals surface area (Å²) in [5, 5.41) is 26.7. The summed E-state index contributed by atoms with van der Waals surface area (Å²) in [7, 11) is 0. The summed E-state index contributed by atoms with van der Waals surface area (Å²) in [6.45, 7) is 11.0. The molecule has 2 saturated heterocycles. The monoisotopic (exact) mass is 844 g/mol. The molecule has 62 heavy (non-hydrogen) atoms. The lowest BCUT2D eigenvalue weighted by Crippen LogP contribution is -2.46. The van der Waals surface area contributed by atoms with Crippen LogP contribution < -0.4 is 21.8 Å². The smallest absolute Gasteiger partial charge is 0.258 e. The highest BCUT2D eigenvalue weighted by Gasteiger charge is 2.57. The molecule has 0 aliphatic carbocycles. The van der Waals surface area contributed by atoms with Crippen LogP contribution in [0.1, 0.15) is 86.3 Å². The van der Waals surface area contributed by atoms with Crippen molar-refractivity contribution in [1.29, 1.82) is 0 Å². The zero-order chi connectivity index (χ0) is 43.9. The first-order chi connectivity index (χ1) is 30.2. The zero-order valence-corrected chi connectivity index (χ0v) is 36.1. The molecule has 4 bridgehead atoms. The predicted molar refractivity (Wildman–Crippen MR) is 238 cm³/mol. The molecule has 2 fully saturated rings. The average molecular weight is 845 g/mol. The average Bonchev–Trinajstić information content (AvgIpc) is 3.62. The van der Waals surface area contributed by atoms with Gasteiger partial charge in [0.25, 0.3) is 11.1 Å². The Morgan fingerprint density at radius 3 is 1.44 bits per heavy atom. The van der Waals surface area contributed by atoms with Crippen LogP contribution in [0.25, 0.3) is 12.2 Å². The summed E-state index contributed by atoms with van der Waals surface area (Å²) in [6, 6.07) is 14.7. The maximum absolute atomic E-state index is 13.2. The Morgan fingerprint density at radius 2 is 1.10 bits per heavy atom. The Morgan fingerprint density at radius 1 is 0.677 bits per heavy atom. The Kier molecular flexibility index (Phi) is 14.4. The zero-order valence-electron chi connectivity index (χ0n) is 36.1. The third kappa shape index (κ3) is 8.61. The van der Waals surface area contributed by atoms with E-state index in [0.29, 0.717) is 50.4 Å². The second kappa shape index (κ2) is 20.1. The lowest BCUT2D eigenvalue weighted by molar-refractivity contribution is -0.128. The van der Waals surface area contributed by atoms with Crippen LogP contribution in [-0.4, -0.2) is 89.3 Å². The Hall–Kier alpha value is -5.54. The van der Waals surface area contributed by atoms with Gasteiger partial charge in [-0.05, 0) is 74.2 Å². The van der Waals surface area contributed by atoms with E-state index in [4.69, 9.17) is 0 Å². The number of aromatic nitrogens is 4. The number of carbonyl (C=O) groups is 2. The van der Waals surface area contributed by atoms with E-state index in [1.807, 2.05) is 113 Å². The fraction of sp³-hybridized carbons (Fsp3) is 0.458. The quantitative estimate of drug-likeness (QED) is 0.146. The number of hydrogen-bond acceptors (Lipinski definition) is 10. The molecule has 14 heteroatoms. The van der Waals surface area contributed by atoms with Crippen molar-refractivity contribution in [3.05, 3.63) is 140 Å². The van der Waals surface area contributed by atoms with Crippen molar-refractivity contribution in [2.24, 2.45) is 23.7 Å². The van der Waals surface area contributed by atoms with Crippen LogP contribution in [0.15, 0.2) is 95.1 Å². The molecule has 0 unspecified atom stereocenters. The van der Waals surface area contributed by atoms with Gasteiger partial charge in [-0.1, -0.05) is 50.3 Å². The first kappa shape index (κ1) is 44.5. The molecule has 4 aromatic heterocycles. The van der Waals surface area contributed by atoms with E-state index in [-0.39, 0.29) is 72.1 Å². The van der Waals surface area contributed by atoms with Crippen LogP contribution in [0.3, 0.4) is 0 Å². The number of aliphatic hydroxyl groups excluding tert-OH is 2. The molecule has 4 aliphatic heterocycles. The van der Waals surface area contributed by atoms with Crippen molar-refractivity contribution in [2.45, 2.75) is 90.9 Å². The minimum absolute atomic E-state index is 0.0436. The molecule has 14 nitrogen and oxygen atoms in total. The molecule has 4 N–H and O–H groups in total. The third-order valence-corrected chi connectivity index (χ3v) is 13.0. The Balaban J connectivity index is 0.000000186. The summed E-state index contributed by atoms with van der Waals surface area (Å²) < 4.78 is 3.61. The van der Waals surface area contributed by atoms with Gasteiger partial charge in [0.2, 0.25) is 11.8 Å². The van der Waals surface area contributed by atoms with Gasteiger partial charge in [0, 0.05) is 124 Å². The molecule has 2 amide bonds. The molecule has 4 aliphatic rings. The first-order valence-electron chi connectivity index (χ1n) is 22.0. The number of rotatable bonds is 14. The van der Waals surface area contributed by atoms with Gasteiger partial charge in [-0.15, -0.1) is 0 Å². The molecular formula is C48H60N8O6. The number of fused-ring (bicyclic) bond motifs is 8. The first-order valence-corrected chi connectivity index (χ1v) is 22.0. The highest BCUT2D eigenvalue weighted by molar-refractivity contribution is 5.81. The third-order valence-electron chi connectivity index (χ3n) is 13.0. The van der Waals surface area contributed by atoms with Crippen molar-refractivity contribution >= 4 is 24.0 Å². The van der Waals surface area contributed by atoms with E-state index in [1.54, 1.807) is 21.5 Å². The van der Waals surface area contributed by atoms with Crippen molar-refractivity contribution in [1.82, 2.24) is 39.5 Å². The standard InChI is InChI=1S/2C24H30N4O3/c2*1-3-6-17-8-9-19-22-21(23(30)26-10-4-2)18(15-29)20(14-28(19)24(17)31)27(22)13-16-7-5-11-25-12-16/h2*3,5-9,11-12,18,20-22,29H,4,10,13-15H2,1-2H3,(H,26,30)/b6-3+;6-3-/t2*18-,20-,21+,22+/m00/s1.